The highest BCUT2D eigenvalue weighted by Crippen LogP contribution is 2.19. The molecule has 4 N–H and O–H groups in total. The van der Waals surface area contributed by atoms with Crippen LogP contribution in [0.25, 0.3) is 0 Å². The molecule has 0 saturated heterocycles. The van der Waals surface area contributed by atoms with Crippen molar-refractivity contribution < 1.29 is 15.0 Å². The number of carboxylic acid groups (broad SMARTS) is 1. The Morgan fingerprint density at radius 3 is 2.45 bits per heavy atom. The minimum absolute atomic E-state index is 0.245. The van der Waals surface area contributed by atoms with Crippen LogP contribution in [0.1, 0.15) is 77.6 Å². The first-order valence-electron chi connectivity index (χ1n) is 8.86. The van der Waals surface area contributed by atoms with Crippen LogP contribution in [0.2, 0.25) is 0 Å². The Labute approximate surface area is 135 Å². The molecule has 0 saturated carbocycles. The fraction of sp³-hybridized carbons (Fsp3) is 0.833. The van der Waals surface area contributed by atoms with Gasteiger partial charge in [-0.25, -0.2) is 0 Å². The van der Waals surface area contributed by atoms with Crippen LogP contribution in [-0.4, -0.2) is 28.8 Å². The lowest BCUT2D eigenvalue weighted by Gasteiger charge is -2.14. The van der Waals surface area contributed by atoms with E-state index in [4.69, 9.17) is 10.8 Å². The number of carboxylic acids is 1. The summed E-state index contributed by atoms with van der Waals surface area (Å²) in [6, 6.07) is 0. The van der Waals surface area contributed by atoms with E-state index < -0.39 is 5.97 Å². The summed E-state index contributed by atoms with van der Waals surface area (Å²) in [7, 11) is 0. The number of nitrogens with two attached hydrogens (primary N) is 1. The van der Waals surface area contributed by atoms with Crippen molar-refractivity contribution >= 4 is 5.97 Å². The van der Waals surface area contributed by atoms with Crippen molar-refractivity contribution in [2.24, 2.45) is 11.7 Å². The van der Waals surface area contributed by atoms with Gasteiger partial charge >= 0.3 is 5.97 Å². The average molecular weight is 313 g/mol. The van der Waals surface area contributed by atoms with E-state index in [9.17, 15) is 9.90 Å². The lowest BCUT2D eigenvalue weighted by molar-refractivity contribution is -0.137. The molecule has 22 heavy (non-hydrogen) atoms. The van der Waals surface area contributed by atoms with Crippen molar-refractivity contribution in [2.45, 2.75) is 83.7 Å². The van der Waals surface area contributed by atoms with E-state index in [0.717, 1.165) is 51.4 Å². The third kappa shape index (κ3) is 14.1. The van der Waals surface area contributed by atoms with Crippen LogP contribution in [-0.2, 0) is 4.79 Å². The molecular weight excluding hydrogens is 278 g/mol. The molecule has 0 aliphatic carbocycles. The maximum absolute atomic E-state index is 10.6. The minimum Gasteiger partial charge on any atom is -0.481 e. The Kier molecular flexibility index (Phi) is 14.4. The first kappa shape index (κ1) is 21.1. The van der Waals surface area contributed by atoms with E-state index >= 15 is 0 Å². The van der Waals surface area contributed by atoms with Crippen molar-refractivity contribution in [3.8, 4) is 0 Å². The van der Waals surface area contributed by atoms with Crippen molar-refractivity contribution in [2.75, 3.05) is 6.54 Å². The SMILES string of the molecule is CCCCCC(O)C=CCCCCC(CCN)CCC(=O)O. The van der Waals surface area contributed by atoms with Gasteiger partial charge in [-0.05, 0) is 44.6 Å². The number of carbonyl (C=O) groups is 1. The summed E-state index contributed by atoms with van der Waals surface area (Å²) >= 11 is 0. The first-order chi connectivity index (χ1) is 10.6. The Morgan fingerprint density at radius 2 is 1.82 bits per heavy atom. The summed E-state index contributed by atoms with van der Waals surface area (Å²) < 4.78 is 0. The van der Waals surface area contributed by atoms with Crippen LogP contribution < -0.4 is 5.73 Å². The fourth-order valence-electron chi connectivity index (χ4n) is 2.64. The molecule has 2 unspecified atom stereocenters. The highest BCUT2D eigenvalue weighted by atomic mass is 16.4. The van der Waals surface area contributed by atoms with Gasteiger partial charge in [-0.2, -0.15) is 0 Å². The van der Waals surface area contributed by atoms with Crippen LogP contribution in [0.3, 0.4) is 0 Å². The van der Waals surface area contributed by atoms with E-state index in [2.05, 4.69) is 13.0 Å². The number of hydrogen-bond acceptors (Lipinski definition) is 3. The van der Waals surface area contributed by atoms with Gasteiger partial charge in [0.05, 0.1) is 6.10 Å². The molecule has 0 rings (SSSR count). The van der Waals surface area contributed by atoms with Gasteiger partial charge in [-0.15, -0.1) is 0 Å². The second kappa shape index (κ2) is 15.0. The zero-order valence-corrected chi connectivity index (χ0v) is 14.2. The molecule has 0 aliphatic rings. The van der Waals surface area contributed by atoms with Gasteiger partial charge < -0.3 is 15.9 Å². The predicted molar refractivity (Wildman–Crippen MR) is 91.8 cm³/mol. The number of allylic oxidation sites excluding steroid dienone is 1. The molecule has 0 aliphatic heterocycles. The molecule has 0 aromatic carbocycles. The molecule has 0 amide bonds. The van der Waals surface area contributed by atoms with E-state index in [1.807, 2.05) is 6.08 Å². The predicted octanol–water partition coefficient (Wildman–Crippen LogP) is 3.87. The van der Waals surface area contributed by atoms with Crippen LogP contribution in [0, 0.1) is 5.92 Å². The number of rotatable bonds is 15. The van der Waals surface area contributed by atoms with Crippen LogP contribution in [0.4, 0.5) is 0 Å². The van der Waals surface area contributed by atoms with Crippen LogP contribution in [0.15, 0.2) is 12.2 Å². The lowest BCUT2D eigenvalue weighted by atomic mass is 9.93. The normalized spacial score (nSPS) is 14.3. The highest BCUT2D eigenvalue weighted by molar-refractivity contribution is 5.66. The Hall–Kier alpha value is -0.870. The van der Waals surface area contributed by atoms with Gasteiger partial charge in [0.25, 0.3) is 0 Å². The summed E-state index contributed by atoms with van der Waals surface area (Å²) in [5.74, 6) is -0.285. The molecule has 0 radical (unpaired) electrons. The quantitative estimate of drug-likeness (QED) is 0.316. The second-order valence-electron chi connectivity index (χ2n) is 6.15. The number of aliphatic carboxylic acids is 1. The molecule has 0 spiro atoms. The van der Waals surface area contributed by atoms with Gasteiger partial charge in [0.1, 0.15) is 0 Å². The topological polar surface area (TPSA) is 83.5 Å². The van der Waals surface area contributed by atoms with E-state index in [0.29, 0.717) is 12.5 Å². The molecule has 130 valence electrons. The van der Waals surface area contributed by atoms with Crippen molar-refractivity contribution in [3.05, 3.63) is 12.2 Å². The number of aliphatic hydroxyl groups is 1. The number of unbranched alkanes of at least 4 members (excludes halogenated alkanes) is 4. The third-order valence-electron chi connectivity index (χ3n) is 4.04. The second-order valence-corrected chi connectivity index (χ2v) is 6.15. The molecule has 4 nitrogen and oxygen atoms in total. The van der Waals surface area contributed by atoms with Crippen LogP contribution in [0.5, 0.6) is 0 Å². The Morgan fingerprint density at radius 1 is 1.09 bits per heavy atom. The summed E-state index contributed by atoms with van der Waals surface area (Å²) in [5, 5.41) is 18.5. The molecule has 0 aromatic heterocycles. The monoisotopic (exact) mass is 313 g/mol. The smallest absolute Gasteiger partial charge is 0.303 e. The van der Waals surface area contributed by atoms with E-state index in [-0.39, 0.29) is 12.5 Å². The van der Waals surface area contributed by atoms with E-state index in [1.54, 1.807) is 0 Å². The van der Waals surface area contributed by atoms with E-state index in [1.165, 1.54) is 12.8 Å². The summed E-state index contributed by atoms with van der Waals surface area (Å²) in [5.41, 5.74) is 5.58. The van der Waals surface area contributed by atoms with Gasteiger partial charge in [-0.1, -0.05) is 51.2 Å². The molecule has 4 heteroatoms. The fourth-order valence-corrected chi connectivity index (χ4v) is 2.64. The first-order valence-corrected chi connectivity index (χ1v) is 8.86. The molecule has 2 atom stereocenters. The molecule has 0 heterocycles. The van der Waals surface area contributed by atoms with Crippen LogP contribution >= 0.6 is 0 Å². The van der Waals surface area contributed by atoms with Crippen molar-refractivity contribution in [1.29, 1.82) is 0 Å². The van der Waals surface area contributed by atoms with Crippen molar-refractivity contribution in [1.82, 2.24) is 0 Å². The summed E-state index contributed by atoms with van der Waals surface area (Å²) in [6.45, 7) is 2.80. The molecule has 0 bridgehead atoms. The minimum atomic E-state index is -0.720. The standard InChI is InChI=1S/C18H35NO3/c1-2-3-6-10-17(20)11-8-5-4-7-9-16(14-15-19)12-13-18(21)22/h8,11,16-17,20H,2-7,9-10,12-15,19H2,1H3,(H,21,22). The Bertz CT molecular complexity index is 292. The summed E-state index contributed by atoms with van der Waals surface area (Å²) in [6.07, 6.45) is 14.1. The van der Waals surface area contributed by atoms with Gasteiger partial charge in [0.15, 0.2) is 0 Å². The average Bonchev–Trinajstić information content (AvgIpc) is 2.48. The largest absolute Gasteiger partial charge is 0.481 e. The number of hydrogen-bond donors (Lipinski definition) is 3. The summed E-state index contributed by atoms with van der Waals surface area (Å²) in [4.78, 5) is 10.6. The maximum Gasteiger partial charge on any atom is 0.303 e. The van der Waals surface area contributed by atoms with Gasteiger partial charge in [-0.3, -0.25) is 4.79 Å². The van der Waals surface area contributed by atoms with Gasteiger partial charge in [0, 0.05) is 6.42 Å². The molecule has 0 fully saturated rings. The molecular formula is C18H35NO3. The maximum atomic E-state index is 10.6. The molecule has 0 aromatic rings. The highest BCUT2D eigenvalue weighted by Gasteiger charge is 2.09. The third-order valence-corrected chi connectivity index (χ3v) is 4.04. The zero-order chi connectivity index (χ0) is 16.6. The zero-order valence-electron chi connectivity index (χ0n) is 14.2. The van der Waals surface area contributed by atoms with Gasteiger partial charge in [0.2, 0.25) is 0 Å². The number of aliphatic hydroxyl groups excluding tert-OH is 1. The van der Waals surface area contributed by atoms with Crippen molar-refractivity contribution in [3.63, 3.8) is 0 Å². The Balaban J connectivity index is 3.68. The lowest BCUT2D eigenvalue weighted by Crippen LogP contribution is -2.10.